The zero-order valence-corrected chi connectivity index (χ0v) is 10.0. The standard InChI is InChI=1S/C10H10N6OS/c11-8(17)6-3-5(1-2-14-6)7-4-18-10(15-7)16-9(12)13/h1-4H,(H2,11,17)(H4,12,13,15,16). The maximum absolute atomic E-state index is 11.0. The number of primary amides is 1. The Morgan fingerprint density at radius 3 is 2.78 bits per heavy atom. The number of nitrogens with zero attached hydrogens (tertiary/aromatic N) is 3. The molecule has 0 aromatic carbocycles. The fraction of sp³-hybridized carbons (Fsp3) is 0. The summed E-state index contributed by atoms with van der Waals surface area (Å²) in [6.07, 6.45) is 1.50. The molecule has 0 bridgehead atoms. The highest BCUT2D eigenvalue weighted by Crippen LogP contribution is 2.26. The Morgan fingerprint density at radius 1 is 1.33 bits per heavy atom. The molecule has 0 saturated carbocycles. The SMILES string of the molecule is NC(=O)c1cc(-c2csc(N=C(N)N)n2)ccn1. The molecule has 0 atom stereocenters. The number of pyridine rings is 1. The van der Waals surface area contributed by atoms with Gasteiger partial charge in [0.1, 0.15) is 5.69 Å². The summed E-state index contributed by atoms with van der Waals surface area (Å²) < 4.78 is 0. The molecule has 2 heterocycles. The fourth-order valence-electron chi connectivity index (χ4n) is 1.28. The molecule has 8 heteroatoms. The minimum absolute atomic E-state index is 0.0524. The molecule has 2 rings (SSSR count). The maximum atomic E-state index is 11.0. The number of aliphatic imine (C=N–C) groups is 1. The smallest absolute Gasteiger partial charge is 0.267 e. The highest BCUT2D eigenvalue weighted by atomic mass is 32.1. The Hall–Kier alpha value is -2.48. The zero-order chi connectivity index (χ0) is 13.1. The van der Waals surface area contributed by atoms with Crippen molar-refractivity contribution in [2.75, 3.05) is 0 Å². The van der Waals surface area contributed by atoms with Gasteiger partial charge in [-0.1, -0.05) is 0 Å². The van der Waals surface area contributed by atoms with Crippen LogP contribution in [0.2, 0.25) is 0 Å². The van der Waals surface area contributed by atoms with Crippen LogP contribution in [0, 0.1) is 0 Å². The average Bonchev–Trinajstić information content (AvgIpc) is 2.77. The van der Waals surface area contributed by atoms with Crippen LogP contribution in [0.3, 0.4) is 0 Å². The van der Waals surface area contributed by atoms with E-state index in [1.54, 1.807) is 17.5 Å². The van der Waals surface area contributed by atoms with Crippen molar-refractivity contribution in [3.05, 3.63) is 29.4 Å². The Balaban J connectivity index is 2.37. The molecule has 18 heavy (non-hydrogen) atoms. The Bertz CT molecular complexity index is 616. The summed E-state index contributed by atoms with van der Waals surface area (Å²) in [6.45, 7) is 0. The predicted molar refractivity (Wildman–Crippen MR) is 69.3 cm³/mol. The van der Waals surface area contributed by atoms with Crippen LogP contribution in [0.1, 0.15) is 10.5 Å². The first kappa shape index (κ1) is 12.0. The molecule has 2 aromatic rings. The predicted octanol–water partition coefficient (Wildman–Crippen LogP) is 0.209. The van der Waals surface area contributed by atoms with Crippen molar-refractivity contribution in [2.24, 2.45) is 22.2 Å². The quantitative estimate of drug-likeness (QED) is 0.537. The molecule has 0 aliphatic heterocycles. The lowest BCUT2D eigenvalue weighted by Crippen LogP contribution is -2.21. The number of hydrogen-bond acceptors (Lipinski definition) is 5. The summed E-state index contributed by atoms with van der Waals surface area (Å²) in [5, 5.41) is 2.23. The molecule has 0 saturated heterocycles. The van der Waals surface area contributed by atoms with Crippen molar-refractivity contribution < 1.29 is 4.79 Å². The van der Waals surface area contributed by atoms with Gasteiger partial charge in [-0.05, 0) is 12.1 Å². The van der Waals surface area contributed by atoms with E-state index in [0.717, 1.165) is 5.56 Å². The number of rotatable bonds is 3. The summed E-state index contributed by atoms with van der Waals surface area (Å²) >= 11 is 1.29. The van der Waals surface area contributed by atoms with Gasteiger partial charge < -0.3 is 17.2 Å². The lowest BCUT2D eigenvalue weighted by atomic mass is 10.2. The summed E-state index contributed by atoms with van der Waals surface area (Å²) in [4.78, 5) is 22.9. The lowest BCUT2D eigenvalue weighted by Gasteiger charge is -1.98. The summed E-state index contributed by atoms with van der Waals surface area (Å²) in [7, 11) is 0. The van der Waals surface area contributed by atoms with E-state index in [9.17, 15) is 4.79 Å². The van der Waals surface area contributed by atoms with Gasteiger partial charge in [0.2, 0.25) is 5.13 Å². The van der Waals surface area contributed by atoms with E-state index < -0.39 is 5.91 Å². The van der Waals surface area contributed by atoms with Gasteiger partial charge in [0, 0.05) is 17.1 Å². The Morgan fingerprint density at radius 2 is 2.11 bits per heavy atom. The summed E-state index contributed by atoms with van der Waals surface area (Å²) in [5.41, 5.74) is 17.2. The minimum atomic E-state index is -0.587. The molecule has 0 unspecified atom stereocenters. The monoisotopic (exact) mass is 262 g/mol. The van der Waals surface area contributed by atoms with Gasteiger partial charge in [-0.25, -0.2) is 4.98 Å². The van der Waals surface area contributed by atoms with E-state index in [2.05, 4.69) is 15.0 Å². The topological polar surface area (TPSA) is 133 Å². The number of guanidine groups is 1. The van der Waals surface area contributed by atoms with Crippen LogP contribution in [0.4, 0.5) is 5.13 Å². The first-order chi connectivity index (χ1) is 8.56. The van der Waals surface area contributed by atoms with Crippen LogP contribution >= 0.6 is 11.3 Å². The van der Waals surface area contributed by atoms with Crippen molar-refractivity contribution in [2.45, 2.75) is 0 Å². The zero-order valence-electron chi connectivity index (χ0n) is 9.20. The molecule has 6 N–H and O–H groups in total. The molecule has 92 valence electrons. The van der Waals surface area contributed by atoms with Crippen LogP contribution < -0.4 is 17.2 Å². The van der Waals surface area contributed by atoms with Crippen molar-refractivity contribution in [1.29, 1.82) is 0 Å². The number of carbonyl (C=O) groups excluding carboxylic acids is 1. The second kappa shape index (κ2) is 4.80. The summed E-state index contributed by atoms with van der Waals surface area (Å²) in [5.74, 6) is -0.639. The van der Waals surface area contributed by atoms with Gasteiger partial charge in [-0.15, -0.1) is 11.3 Å². The van der Waals surface area contributed by atoms with Crippen LogP contribution in [0.15, 0.2) is 28.7 Å². The highest BCUT2D eigenvalue weighted by molar-refractivity contribution is 7.13. The van der Waals surface area contributed by atoms with Crippen LogP contribution in [-0.2, 0) is 0 Å². The van der Waals surface area contributed by atoms with E-state index in [-0.39, 0.29) is 11.7 Å². The third kappa shape index (κ3) is 2.61. The van der Waals surface area contributed by atoms with Crippen LogP contribution in [0.5, 0.6) is 0 Å². The molecule has 0 spiro atoms. The van der Waals surface area contributed by atoms with Crippen molar-refractivity contribution in [3.63, 3.8) is 0 Å². The van der Waals surface area contributed by atoms with Crippen molar-refractivity contribution in [1.82, 2.24) is 9.97 Å². The Kier molecular flexibility index (Phi) is 3.20. The molecule has 1 amide bonds. The molecule has 2 aromatic heterocycles. The van der Waals surface area contributed by atoms with E-state index in [1.807, 2.05) is 0 Å². The maximum Gasteiger partial charge on any atom is 0.267 e. The third-order valence-electron chi connectivity index (χ3n) is 2.02. The number of thiazole rings is 1. The molecule has 7 nitrogen and oxygen atoms in total. The second-order valence-electron chi connectivity index (χ2n) is 3.35. The molecule has 0 aliphatic rings. The average molecular weight is 262 g/mol. The number of carbonyl (C=O) groups is 1. The second-order valence-corrected chi connectivity index (χ2v) is 4.18. The van der Waals surface area contributed by atoms with Gasteiger partial charge in [-0.3, -0.25) is 9.78 Å². The van der Waals surface area contributed by atoms with E-state index >= 15 is 0 Å². The van der Waals surface area contributed by atoms with E-state index in [0.29, 0.717) is 10.8 Å². The largest absolute Gasteiger partial charge is 0.370 e. The number of hydrogen-bond donors (Lipinski definition) is 3. The molecular weight excluding hydrogens is 252 g/mol. The van der Waals surface area contributed by atoms with Gasteiger partial charge in [0.05, 0.1) is 5.69 Å². The lowest BCUT2D eigenvalue weighted by molar-refractivity contribution is 0.0995. The first-order valence-corrected chi connectivity index (χ1v) is 5.75. The van der Waals surface area contributed by atoms with Crippen molar-refractivity contribution in [3.8, 4) is 11.3 Å². The van der Waals surface area contributed by atoms with E-state index in [1.165, 1.54) is 17.5 Å². The van der Waals surface area contributed by atoms with Crippen LogP contribution in [-0.4, -0.2) is 21.8 Å². The van der Waals surface area contributed by atoms with Crippen molar-refractivity contribution >= 4 is 28.3 Å². The highest BCUT2D eigenvalue weighted by Gasteiger charge is 2.08. The van der Waals surface area contributed by atoms with Gasteiger partial charge >= 0.3 is 0 Å². The Labute approximate surface area is 106 Å². The first-order valence-electron chi connectivity index (χ1n) is 4.87. The molecule has 0 radical (unpaired) electrons. The minimum Gasteiger partial charge on any atom is -0.370 e. The number of amides is 1. The summed E-state index contributed by atoms with van der Waals surface area (Å²) in [6, 6.07) is 3.29. The van der Waals surface area contributed by atoms with Crippen LogP contribution in [0.25, 0.3) is 11.3 Å². The van der Waals surface area contributed by atoms with Gasteiger partial charge in [-0.2, -0.15) is 4.99 Å². The molecular formula is C10H10N6OS. The van der Waals surface area contributed by atoms with Gasteiger partial charge in [0.15, 0.2) is 5.96 Å². The molecule has 0 fully saturated rings. The molecule has 0 aliphatic carbocycles. The fourth-order valence-corrected chi connectivity index (χ4v) is 2.00. The normalized spacial score (nSPS) is 10.0. The van der Waals surface area contributed by atoms with E-state index in [4.69, 9.17) is 17.2 Å². The number of nitrogens with two attached hydrogens (primary N) is 3. The number of aromatic nitrogens is 2. The third-order valence-corrected chi connectivity index (χ3v) is 2.76. The van der Waals surface area contributed by atoms with Gasteiger partial charge in [0.25, 0.3) is 5.91 Å².